The van der Waals surface area contributed by atoms with Crippen LogP contribution in [0, 0.1) is 5.92 Å². The SMILES string of the molecule is COc1ccc(/C=C/c2ccc(C3(O)CN4CCC3CC4)cc2)cc1. The Balaban J connectivity index is 1.49. The van der Waals surface area contributed by atoms with Crippen LogP contribution in [0.5, 0.6) is 5.75 Å². The summed E-state index contributed by atoms with van der Waals surface area (Å²) >= 11 is 0. The fraction of sp³-hybridized carbons (Fsp3) is 0.364. The Morgan fingerprint density at radius 2 is 1.52 bits per heavy atom. The predicted octanol–water partition coefficient (Wildman–Crippen LogP) is 3.78. The van der Waals surface area contributed by atoms with Crippen molar-refractivity contribution in [3.63, 3.8) is 0 Å². The van der Waals surface area contributed by atoms with Crippen molar-refractivity contribution in [2.75, 3.05) is 26.7 Å². The van der Waals surface area contributed by atoms with Crippen LogP contribution in [0.2, 0.25) is 0 Å². The van der Waals surface area contributed by atoms with Crippen molar-refractivity contribution in [2.24, 2.45) is 5.92 Å². The number of benzene rings is 2. The summed E-state index contributed by atoms with van der Waals surface area (Å²) in [7, 11) is 1.68. The van der Waals surface area contributed by atoms with Gasteiger partial charge in [0, 0.05) is 6.54 Å². The van der Waals surface area contributed by atoms with Crippen LogP contribution >= 0.6 is 0 Å². The molecule has 3 aliphatic heterocycles. The second-order valence-electron chi connectivity index (χ2n) is 7.20. The molecule has 3 nitrogen and oxygen atoms in total. The molecule has 1 unspecified atom stereocenters. The van der Waals surface area contributed by atoms with Crippen molar-refractivity contribution in [3.8, 4) is 5.75 Å². The minimum absolute atomic E-state index is 0.401. The summed E-state index contributed by atoms with van der Waals surface area (Å²) in [6.45, 7) is 3.05. The fourth-order valence-corrected chi connectivity index (χ4v) is 4.16. The molecule has 0 spiro atoms. The van der Waals surface area contributed by atoms with Crippen molar-refractivity contribution < 1.29 is 9.84 Å². The Kier molecular flexibility index (Phi) is 4.36. The van der Waals surface area contributed by atoms with Crippen LogP contribution in [0.15, 0.2) is 48.5 Å². The van der Waals surface area contributed by atoms with E-state index in [0.29, 0.717) is 5.92 Å². The molecule has 3 fully saturated rings. The Morgan fingerprint density at radius 3 is 2.00 bits per heavy atom. The van der Waals surface area contributed by atoms with Crippen molar-refractivity contribution >= 4 is 12.2 Å². The van der Waals surface area contributed by atoms with Crippen LogP contribution in [0.3, 0.4) is 0 Å². The van der Waals surface area contributed by atoms with Crippen molar-refractivity contribution in [1.29, 1.82) is 0 Å². The van der Waals surface area contributed by atoms with Crippen LogP contribution in [-0.4, -0.2) is 36.8 Å². The summed E-state index contributed by atoms with van der Waals surface area (Å²) in [5.74, 6) is 1.27. The second-order valence-corrected chi connectivity index (χ2v) is 7.20. The molecule has 0 saturated carbocycles. The highest BCUT2D eigenvalue weighted by Crippen LogP contribution is 2.42. The average Bonchev–Trinajstić information content (AvgIpc) is 2.68. The maximum atomic E-state index is 11.2. The first-order valence-electron chi connectivity index (χ1n) is 9.05. The number of hydrogen-bond donors (Lipinski definition) is 1. The molecule has 3 heteroatoms. The molecule has 0 radical (unpaired) electrons. The zero-order valence-corrected chi connectivity index (χ0v) is 14.7. The van der Waals surface area contributed by atoms with Gasteiger partial charge in [-0.15, -0.1) is 0 Å². The van der Waals surface area contributed by atoms with Gasteiger partial charge in [-0.05, 0) is 60.7 Å². The summed E-state index contributed by atoms with van der Waals surface area (Å²) in [5.41, 5.74) is 2.67. The van der Waals surface area contributed by atoms with Crippen LogP contribution in [0.4, 0.5) is 0 Å². The van der Waals surface area contributed by atoms with Gasteiger partial charge in [0.25, 0.3) is 0 Å². The van der Waals surface area contributed by atoms with Crippen molar-refractivity contribution in [3.05, 3.63) is 65.2 Å². The lowest BCUT2D eigenvalue weighted by Crippen LogP contribution is -2.57. The molecule has 2 aromatic carbocycles. The molecule has 1 atom stereocenters. The van der Waals surface area contributed by atoms with Gasteiger partial charge in [0.2, 0.25) is 0 Å². The van der Waals surface area contributed by atoms with Crippen molar-refractivity contribution in [1.82, 2.24) is 4.90 Å². The van der Waals surface area contributed by atoms with E-state index in [4.69, 9.17) is 4.74 Å². The van der Waals surface area contributed by atoms with Gasteiger partial charge in [-0.25, -0.2) is 0 Å². The number of rotatable bonds is 4. The quantitative estimate of drug-likeness (QED) is 0.863. The smallest absolute Gasteiger partial charge is 0.118 e. The Hall–Kier alpha value is -2.10. The highest BCUT2D eigenvalue weighted by atomic mass is 16.5. The monoisotopic (exact) mass is 335 g/mol. The van der Waals surface area contributed by atoms with Gasteiger partial charge in [0.05, 0.1) is 7.11 Å². The summed E-state index contributed by atoms with van der Waals surface area (Å²) < 4.78 is 5.18. The first kappa shape index (κ1) is 16.4. The molecule has 1 N–H and O–H groups in total. The van der Waals surface area contributed by atoms with E-state index in [1.165, 1.54) is 0 Å². The molecule has 130 valence electrons. The van der Waals surface area contributed by atoms with Gasteiger partial charge in [-0.3, -0.25) is 0 Å². The Labute approximate surface area is 149 Å². The van der Waals surface area contributed by atoms with Crippen LogP contribution < -0.4 is 4.74 Å². The maximum absolute atomic E-state index is 11.2. The molecule has 3 heterocycles. The number of methoxy groups -OCH3 is 1. The number of piperidine rings is 3. The van der Waals surface area contributed by atoms with Crippen LogP contribution in [-0.2, 0) is 5.60 Å². The van der Waals surface area contributed by atoms with Crippen molar-refractivity contribution in [2.45, 2.75) is 18.4 Å². The molecule has 2 bridgehead atoms. The Bertz CT molecular complexity index is 743. The number of nitrogens with zero attached hydrogens (tertiary/aromatic N) is 1. The third-order valence-electron chi connectivity index (χ3n) is 5.72. The molecular weight excluding hydrogens is 310 g/mol. The normalized spacial score (nSPS) is 28.4. The third kappa shape index (κ3) is 3.22. The minimum atomic E-state index is -0.672. The van der Waals surface area contributed by atoms with Crippen LogP contribution in [0.25, 0.3) is 12.2 Å². The molecule has 0 amide bonds. The molecular formula is C22H25NO2. The highest BCUT2D eigenvalue weighted by Gasteiger charge is 2.46. The van der Waals surface area contributed by atoms with E-state index in [1.54, 1.807) is 7.11 Å². The molecule has 3 saturated heterocycles. The van der Waals surface area contributed by atoms with Gasteiger partial charge < -0.3 is 14.7 Å². The van der Waals surface area contributed by atoms with Gasteiger partial charge in [0.15, 0.2) is 0 Å². The molecule has 0 aliphatic carbocycles. The lowest BCUT2D eigenvalue weighted by Gasteiger charge is -2.50. The third-order valence-corrected chi connectivity index (χ3v) is 5.72. The lowest BCUT2D eigenvalue weighted by molar-refractivity contribution is -0.117. The number of hydrogen-bond acceptors (Lipinski definition) is 3. The summed E-state index contributed by atoms with van der Waals surface area (Å²) in [6.07, 6.45) is 6.41. The van der Waals surface area contributed by atoms with Gasteiger partial charge >= 0.3 is 0 Å². The van der Waals surface area contributed by atoms with E-state index in [1.807, 2.05) is 24.3 Å². The topological polar surface area (TPSA) is 32.7 Å². The van der Waals surface area contributed by atoms with Gasteiger partial charge in [-0.1, -0.05) is 48.6 Å². The average molecular weight is 335 g/mol. The molecule has 3 aliphatic rings. The number of fused-ring (bicyclic) bond motifs is 3. The minimum Gasteiger partial charge on any atom is -0.497 e. The first-order chi connectivity index (χ1) is 12.2. The van der Waals surface area contributed by atoms with E-state index in [9.17, 15) is 5.11 Å². The summed E-state index contributed by atoms with van der Waals surface area (Å²) in [4.78, 5) is 2.39. The lowest BCUT2D eigenvalue weighted by atomic mass is 9.71. The maximum Gasteiger partial charge on any atom is 0.118 e. The number of aliphatic hydroxyl groups is 1. The fourth-order valence-electron chi connectivity index (χ4n) is 4.16. The van der Waals surface area contributed by atoms with E-state index in [-0.39, 0.29) is 0 Å². The molecule has 25 heavy (non-hydrogen) atoms. The zero-order valence-electron chi connectivity index (χ0n) is 14.7. The first-order valence-corrected chi connectivity index (χ1v) is 9.05. The van der Waals surface area contributed by atoms with E-state index < -0.39 is 5.60 Å². The largest absolute Gasteiger partial charge is 0.497 e. The molecule has 5 rings (SSSR count). The number of ether oxygens (including phenoxy) is 1. The second kappa shape index (κ2) is 6.66. The molecule has 2 aromatic rings. The van der Waals surface area contributed by atoms with E-state index in [0.717, 1.165) is 54.9 Å². The predicted molar refractivity (Wildman–Crippen MR) is 101 cm³/mol. The zero-order chi connectivity index (χ0) is 17.3. The Morgan fingerprint density at radius 1 is 0.960 bits per heavy atom. The highest BCUT2D eigenvalue weighted by molar-refractivity contribution is 5.70. The molecule has 0 aromatic heterocycles. The summed E-state index contributed by atoms with van der Waals surface area (Å²) in [6, 6.07) is 16.4. The van der Waals surface area contributed by atoms with E-state index in [2.05, 4.69) is 41.3 Å². The standard InChI is InChI=1S/C22H25NO2/c1-25-21-10-6-18(7-11-21)3-2-17-4-8-19(9-5-17)22(24)16-23-14-12-20(22)13-15-23/h2-11,20,24H,12-16H2,1H3/b3-2+. The summed E-state index contributed by atoms with van der Waals surface area (Å²) in [5, 5.41) is 11.2. The van der Waals surface area contributed by atoms with Gasteiger partial charge in [-0.2, -0.15) is 0 Å². The van der Waals surface area contributed by atoms with Gasteiger partial charge in [0.1, 0.15) is 11.4 Å². The van der Waals surface area contributed by atoms with E-state index >= 15 is 0 Å². The van der Waals surface area contributed by atoms with Crippen LogP contribution in [0.1, 0.15) is 29.5 Å².